The lowest BCUT2D eigenvalue weighted by Crippen LogP contribution is -2.72. The van der Waals surface area contributed by atoms with Crippen LogP contribution in [0.5, 0.6) is 11.5 Å². The van der Waals surface area contributed by atoms with E-state index in [2.05, 4.69) is 5.32 Å². The average Bonchev–Trinajstić information content (AvgIpc) is 2.66. The third kappa shape index (κ3) is 3.09. The summed E-state index contributed by atoms with van der Waals surface area (Å²) < 4.78 is 11.9. The first-order valence-electron chi connectivity index (χ1n) is 9.20. The molecule has 2 heterocycles. The summed E-state index contributed by atoms with van der Waals surface area (Å²) in [4.78, 5) is 16.7. The first-order chi connectivity index (χ1) is 13.8. The molecule has 3 unspecified atom stereocenters. The minimum atomic E-state index is -1.04. The van der Waals surface area contributed by atoms with Crippen molar-refractivity contribution in [1.82, 2.24) is 10.2 Å². The number of methoxy groups -OCH3 is 1. The lowest BCUT2D eigenvalue weighted by Gasteiger charge is -2.56. The zero-order valence-electron chi connectivity index (χ0n) is 16.6. The highest BCUT2D eigenvalue weighted by Crippen LogP contribution is 2.50. The van der Waals surface area contributed by atoms with Gasteiger partial charge in [0.15, 0.2) is 10.8 Å². The van der Waals surface area contributed by atoms with E-state index in [1.54, 1.807) is 32.2 Å². The van der Waals surface area contributed by atoms with Crippen molar-refractivity contribution >= 4 is 40.5 Å². The van der Waals surface area contributed by atoms with Crippen LogP contribution in [0.25, 0.3) is 0 Å². The first-order valence-corrected chi connectivity index (χ1v) is 9.99. The molecule has 2 bridgehead atoms. The number of amides is 1. The van der Waals surface area contributed by atoms with E-state index in [1.807, 2.05) is 48.2 Å². The summed E-state index contributed by atoms with van der Waals surface area (Å²) in [7, 11) is 5.09. The van der Waals surface area contributed by atoms with Crippen molar-refractivity contribution in [2.24, 2.45) is 5.92 Å². The molecule has 0 spiro atoms. The molecule has 1 fully saturated rings. The second-order valence-electron chi connectivity index (χ2n) is 7.51. The number of thiocarbonyl (C=S) groups is 1. The van der Waals surface area contributed by atoms with Gasteiger partial charge in [-0.05, 0) is 55.5 Å². The van der Waals surface area contributed by atoms with Gasteiger partial charge in [-0.3, -0.25) is 9.69 Å². The van der Waals surface area contributed by atoms with Crippen molar-refractivity contribution in [3.05, 3.63) is 53.1 Å². The van der Waals surface area contributed by atoms with Crippen LogP contribution >= 0.6 is 23.8 Å². The molecule has 2 aliphatic rings. The number of fused-ring (bicyclic) bond motifs is 4. The molecule has 152 valence electrons. The smallest absolute Gasteiger partial charge is 0.233 e. The van der Waals surface area contributed by atoms with Crippen molar-refractivity contribution in [1.29, 1.82) is 0 Å². The lowest BCUT2D eigenvalue weighted by molar-refractivity contribution is -0.144. The summed E-state index contributed by atoms with van der Waals surface area (Å²) in [5, 5.41) is 4.41. The van der Waals surface area contributed by atoms with Crippen LogP contribution in [0, 0.1) is 5.92 Å². The van der Waals surface area contributed by atoms with Crippen LogP contribution < -0.4 is 19.7 Å². The summed E-state index contributed by atoms with van der Waals surface area (Å²) in [6, 6.07) is 12.6. The summed E-state index contributed by atoms with van der Waals surface area (Å²) in [6.45, 7) is 1.90. The van der Waals surface area contributed by atoms with Crippen LogP contribution in [0.4, 0.5) is 5.69 Å². The second kappa shape index (κ2) is 7.07. The highest BCUT2D eigenvalue weighted by molar-refractivity contribution is 7.80. The largest absolute Gasteiger partial charge is 0.497 e. The van der Waals surface area contributed by atoms with E-state index in [4.69, 9.17) is 33.3 Å². The fourth-order valence-electron chi connectivity index (χ4n) is 4.15. The number of halogens is 1. The highest BCUT2D eigenvalue weighted by Gasteiger charge is 2.59. The van der Waals surface area contributed by atoms with E-state index in [0.717, 1.165) is 11.3 Å². The van der Waals surface area contributed by atoms with Gasteiger partial charge in [-0.2, -0.15) is 0 Å². The minimum Gasteiger partial charge on any atom is -0.497 e. The number of nitrogens with zero attached hydrogens (tertiary/aromatic N) is 2. The molecular formula is C21H22ClN3O3S. The molecule has 1 amide bonds. The molecule has 1 saturated heterocycles. The summed E-state index contributed by atoms with van der Waals surface area (Å²) >= 11 is 11.9. The molecule has 3 atom stereocenters. The van der Waals surface area contributed by atoms with E-state index < -0.39 is 11.6 Å². The van der Waals surface area contributed by atoms with Gasteiger partial charge in [0.2, 0.25) is 5.91 Å². The molecule has 8 heteroatoms. The molecule has 2 aromatic rings. The van der Waals surface area contributed by atoms with Crippen LogP contribution in [-0.4, -0.2) is 42.8 Å². The number of nitrogens with one attached hydrogen (secondary N) is 1. The third-order valence-corrected chi connectivity index (χ3v) is 6.01. The Morgan fingerprint density at radius 3 is 2.72 bits per heavy atom. The maximum atomic E-state index is 13.3. The molecule has 29 heavy (non-hydrogen) atoms. The second-order valence-corrected chi connectivity index (χ2v) is 8.34. The predicted octanol–water partition coefficient (Wildman–Crippen LogP) is 3.60. The Morgan fingerprint density at radius 2 is 2.07 bits per heavy atom. The Kier molecular flexibility index (Phi) is 4.83. The standard InChI is InChI=1S/C21H22ClN3O3S/c1-21-17(19(26)24(2)3)18(15-11-14(27-4)8-9-16(15)28-21)23-20(29)25(21)13-7-5-6-12(22)10-13/h5-11,17-18H,1-4H3,(H,23,29). The predicted molar refractivity (Wildman–Crippen MR) is 117 cm³/mol. The quantitative estimate of drug-likeness (QED) is 0.749. The van der Waals surface area contributed by atoms with Gasteiger partial charge in [0.05, 0.1) is 13.2 Å². The van der Waals surface area contributed by atoms with Gasteiger partial charge in [-0.25, -0.2) is 0 Å². The van der Waals surface area contributed by atoms with Gasteiger partial charge >= 0.3 is 0 Å². The van der Waals surface area contributed by atoms with Crippen LogP contribution in [0.3, 0.4) is 0 Å². The number of hydrogen-bond donors (Lipinski definition) is 1. The molecule has 4 rings (SSSR count). The summed E-state index contributed by atoms with van der Waals surface area (Å²) in [6.07, 6.45) is 0. The van der Waals surface area contributed by atoms with E-state index >= 15 is 0 Å². The minimum absolute atomic E-state index is 0.0620. The number of anilines is 1. The molecule has 0 aromatic heterocycles. The number of carbonyl (C=O) groups is 1. The summed E-state index contributed by atoms with van der Waals surface area (Å²) in [5.41, 5.74) is 0.556. The maximum Gasteiger partial charge on any atom is 0.233 e. The van der Waals surface area contributed by atoms with E-state index in [9.17, 15) is 4.79 Å². The molecule has 0 radical (unpaired) electrons. The number of hydrogen-bond acceptors (Lipinski definition) is 4. The molecule has 2 aromatic carbocycles. The van der Waals surface area contributed by atoms with E-state index in [0.29, 0.717) is 21.6 Å². The van der Waals surface area contributed by atoms with E-state index in [1.165, 1.54) is 0 Å². The molecule has 2 aliphatic heterocycles. The fraction of sp³-hybridized carbons (Fsp3) is 0.333. The van der Waals surface area contributed by atoms with Crippen molar-refractivity contribution in [2.75, 3.05) is 26.1 Å². The van der Waals surface area contributed by atoms with Gasteiger partial charge in [0, 0.05) is 30.4 Å². The normalized spacial score (nSPS) is 24.9. The number of benzene rings is 2. The van der Waals surface area contributed by atoms with Crippen molar-refractivity contribution in [3.63, 3.8) is 0 Å². The summed E-state index contributed by atoms with van der Waals surface area (Å²) in [5.74, 6) is 0.760. The molecule has 0 saturated carbocycles. The molecular weight excluding hydrogens is 410 g/mol. The Labute approximate surface area is 180 Å². The third-order valence-electron chi connectivity index (χ3n) is 5.48. The Morgan fingerprint density at radius 1 is 1.31 bits per heavy atom. The molecule has 1 N–H and O–H groups in total. The Hall–Kier alpha value is -2.51. The Bertz CT molecular complexity index is 999. The lowest BCUT2D eigenvalue weighted by atomic mass is 9.78. The van der Waals surface area contributed by atoms with Crippen LogP contribution in [0.15, 0.2) is 42.5 Å². The Balaban J connectivity index is 1.92. The SMILES string of the molecule is COc1ccc2c(c1)C1NC(=S)N(c3cccc(Cl)c3)C(C)(O2)C1C(=O)N(C)C. The van der Waals surface area contributed by atoms with Gasteiger partial charge in [-0.1, -0.05) is 17.7 Å². The maximum absolute atomic E-state index is 13.3. The number of ether oxygens (including phenoxy) is 2. The van der Waals surface area contributed by atoms with Crippen LogP contribution in [0.1, 0.15) is 18.5 Å². The topological polar surface area (TPSA) is 54.0 Å². The van der Waals surface area contributed by atoms with Crippen LogP contribution in [-0.2, 0) is 4.79 Å². The van der Waals surface area contributed by atoms with E-state index in [-0.39, 0.29) is 11.9 Å². The zero-order valence-corrected chi connectivity index (χ0v) is 18.2. The number of carbonyl (C=O) groups excluding carboxylic acids is 1. The van der Waals surface area contributed by atoms with Gasteiger partial charge in [-0.15, -0.1) is 0 Å². The van der Waals surface area contributed by atoms with Crippen molar-refractivity contribution in [2.45, 2.75) is 18.7 Å². The highest BCUT2D eigenvalue weighted by atomic mass is 35.5. The first kappa shape index (κ1) is 19.8. The van der Waals surface area contributed by atoms with Crippen molar-refractivity contribution in [3.8, 4) is 11.5 Å². The monoisotopic (exact) mass is 431 g/mol. The van der Waals surface area contributed by atoms with Crippen LogP contribution in [0.2, 0.25) is 5.02 Å². The molecule has 0 aliphatic carbocycles. The zero-order chi connectivity index (χ0) is 20.9. The van der Waals surface area contributed by atoms with Crippen molar-refractivity contribution < 1.29 is 14.3 Å². The van der Waals surface area contributed by atoms with Gasteiger partial charge < -0.3 is 19.7 Å². The molecule has 6 nitrogen and oxygen atoms in total. The van der Waals surface area contributed by atoms with Gasteiger partial charge in [0.1, 0.15) is 17.4 Å². The number of rotatable bonds is 3. The average molecular weight is 432 g/mol. The van der Waals surface area contributed by atoms with Gasteiger partial charge in [0.25, 0.3) is 0 Å². The fourth-order valence-corrected chi connectivity index (χ4v) is 4.75.